The largest absolute Gasteiger partial charge is 0.336 e. The number of imidazole rings is 1. The van der Waals surface area contributed by atoms with Crippen molar-refractivity contribution in [2.75, 3.05) is 0 Å². The lowest BCUT2D eigenvalue weighted by Gasteiger charge is -2.00. The van der Waals surface area contributed by atoms with Crippen LogP contribution in [0.15, 0.2) is 73.3 Å². The summed E-state index contributed by atoms with van der Waals surface area (Å²) in [6.07, 6.45) is 7.04. The predicted molar refractivity (Wildman–Crippen MR) is 113 cm³/mol. The molecule has 0 aliphatic rings. The SMILES string of the molecule is c1ccc(-c2cnc3[nH]nc(-c4nc5c(-c6ccccn6)nccc5[nH]4)c3c2)nc1. The maximum absolute atomic E-state index is 4.80. The molecule has 142 valence electrons. The molecule has 6 heterocycles. The van der Waals surface area contributed by atoms with Gasteiger partial charge in [-0.05, 0) is 36.4 Å². The van der Waals surface area contributed by atoms with Gasteiger partial charge in [-0.2, -0.15) is 5.10 Å². The van der Waals surface area contributed by atoms with E-state index in [0.717, 1.165) is 39.1 Å². The van der Waals surface area contributed by atoms with Crippen molar-refractivity contribution in [2.24, 2.45) is 0 Å². The highest BCUT2D eigenvalue weighted by Crippen LogP contribution is 2.30. The van der Waals surface area contributed by atoms with Crippen LogP contribution in [0.1, 0.15) is 0 Å². The maximum Gasteiger partial charge on any atom is 0.159 e. The fourth-order valence-electron chi connectivity index (χ4n) is 3.50. The van der Waals surface area contributed by atoms with Crippen LogP contribution in [-0.4, -0.2) is 40.1 Å². The van der Waals surface area contributed by atoms with E-state index < -0.39 is 0 Å². The zero-order chi connectivity index (χ0) is 19.9. The van der Waals surface area contributed by atoms with Crippen LogP contribution in [-0.2, 0) is 0 Å². The van der Waals surface area contributed by atoms with Gasteiger partial charge in [-0.3, -0.25) is 20.1 Å². The van der Waals surface area contributed by atoms with Crippen molar-refractivity contribution in [2.45, 2.75) is 0 Å². The van der Waals surface area contributed by atoms with Crippen LogP contribution in [0.5, 0.6) is 0 Å². The van der Waals surface area contributed by atoms with Crippen molar-refractivity contribution >= 4 is 22.1 Å². The molecule has 0 atom stereocenters. The summed E-state index contributed by atoms with van der Waals surface area (Å²) in [5, 5.41) is 8.31. The van der Waals surface area contributed by atoms with E-state index in [9.17, 15) is 0 Å². The number of aromatic amines is 2. The Labute approximate surface area is 170 Å². The van der Waals surface area contributed by atoms with E-state index in [-0.39, 0.29) is 0 Å². The minimum atomic E-state index is 0.640. The predicted octanol–water partition coefficient (Wildman–Crippen LogP) is 4.02. The van der Waals surface area contributed by atoms with Crippen LogP contribution < -0.4 is 0 Å². The van der Waals surface area contributed by atoms with Gasteiger partial charge < -0.3 is 4.98 Å². The summed E-state index contributed by atoms with van der Waals surface area (Å²) in [6, 6.07) is 15.4. The fourth-order valence-corrected chi connectivity index (χ4v) is 3.50. The molecule has 6 rings (SSSR count). The Kier molecular flexibility index (Phi) is 3.60. The lowest BCUT2D eigenvalue weighted by atomic mass is 10.1. The number of H-pyrrole nitrogens is 2. The third-order valence-corrected chi connectivity index (χ3v) is 4.91. The molecule has 8 nitrogen and oxygen atoms in total. The van der Waals surface area contributed by atoms with E-state index in [1.165, 1.54) is 0 Å². The van der Waals surface area contributed by atoms with Crippen molar-refractivity contribution in [3.63, 3.8) is 0 Å². The van der Waals surface area contributed by atoms with E-state index in [1.807, 2.05) is 48.5 Å². The number of aromatic nitrogens is 8. The first kappa shape index (κ1) is 16.5. The van der Waals surface area contributed by atoms with Crippen LogP contribution in [0.3, 0.4) is 0 Å². The fraction of sp³-hybridized carbons (Fsp3) is 0. The second kappa shape index (κ2) is 6.56. The molecule has 0 bridgehead atoms. The van der Waals surface area contributed by atoms with Crippen LogP contribution in [0, 0.1) is 0 Å². The monoisotopic (exact) mass is 390 g/mol. The lowest BCUT2D eigenvalue weighted by Crippen LogP contribution is -1.88. The summed E-state index contributed by atoms with van der Waals surface area (Å²) in [6.45, 7) is 0. The standard InChI is InChI=1S/C22H14N8/c1-3-8-23-15(5-1)13-11-14-18(29-30-21(14)26-12-13)22-27-17-7-10-25-19(20(17)28-22)16-6-2-4-9-24-16/h1-12H,(H,27,28)(H,26,29,30). The molecule has 8 heteroatoms. The minimum Gasteiger partial charge on any atom is -0.336 e. The number of pyridine rings is 4. The quantitative estimate of drug-likeness (QED) is 0.472. The van der Waals surface area contributed by atoms with E-state index in [2.05, 4.69) is 35.1 Å². The van der Waals surface area contributed by atoms with Crippen molar-refractivity contribution < 1.29 is 0 Å². The van der Waals surface area contributed by atoms with Crippen LogP contribution in [0.4, 0.5) is 0 Å². The average molecular weight is 390 g/mol. The Morgan fingerprint density at radius 3 is 2.37 bits per heavy atom. The molecule has 0 aliphatic carbocycles. The first-order chi connectivity index (χ1) is 14.9. The highest BCUT2D eigenvalue weighted by atomic mass is 15.2. The first-order valence-corrected chi connectivity index (χ1v) is 9.39. The van der Waals surface area contributed by atoms with E-state index in [0.29, 0.717) is 17.2 Å². The third-order valence-electron chi connectivity index (χ3n) is 4.91. The summed E-state index contributed by atoms with van der Waals surface area (Å²) < 4.78 is 0. The molecule has 6 aromatic rings. The number of nitrogens with one attached hydrogen (secondary N) is 2. The molecular formula is C22H14N8. The maximum atomic E-state index is 4.80. The summed E-state index contributed by atoms with van der Waals surface area (Å²) in [4.78, 5) is 26.0. The van der Waals surface area contributed by atoms with Crippen molar-refractivity contribution in [1.29, 1.82) is 0 Å². The number of hydrogen-bond acceptors (Lipinski definition) is 6. The molecule has 30 heavy (non-hydrogen) atoms. The minimum absolute atomic E-state index is 0.640. The molecule has 0 amide bonds. The molecule has 0 saturated heterocycles. The van der Waals surface area contributed by atoms with Crippen LogP contribution >= 0.6 is 0 Å². The van der Waals surface area contributed by atoms with Crippen molar-refractivity contribution in [1.82, 2.24) is 40.1 Å². The number of rotatable bonds is 3. The Balaban J connectivity index is 1.52. The highest BCUT2D eigenvalue weighted by Gasteiger charge is 2.17. The smallest absolute Gasteiger partial charge is 0.159 e. The van der Waals surface area contributed by atoms with Gasteiger partial charge in [-0.15, -0.1) is 0 Å². The van der Waals surface area contributed by atoms with Gasteiger partial charge in [0.1, 0.15) is 16.9 Å². The zero-order valence-corrected chi connectivity index (χ0v) is 15.6. The molecule has 6 aromatic heterocycles. The van der Waals surface area contributed by atoms with E-state index >= 15 is 0 Å². The van der Waals surface area contributed by atoms with Gasteiger partial charge in [0.2, 0.25) is 0 Å². The molecule has 0 unspecified atom stereocenters. The summed E-state index contributed by atoms with van der Waals surface area (Å²) in [7, 11) is 0. The molecule has 0 radical (unpaired) electrons. The molecule has 0 saturated carbocycles. The second-order valence-corrected chi connectivity index (χ2v) is 6.76. The van der Waals surface area contributed by atoms with Crippen LogP contribution in [0.2, 0.25) is 0 Å². The Morgan fingerprint density at radius 1 is 0.733 bits per heavy atom. The normalized spacial score (nSPS) is 11.3. The van der Waals surface area contributed by atoms with Gasteiger partial charge in [0.05, 0.1) is 22.3 Å². The second-order valence-electron chi connectivity index (χ2n) is 6.76. The topological polar surface area (TPSA) is 109 Å². The van der Waals surface area contributed by atoms with Crippen molar-refractivity contribution in [3.8, 4) is 34.2 Å². The number of fused-ring (bicyclic) bond motifs is 2. The van der Waals surface area contributed by atoms with Crippen LogP contribution in [0.25, 0.3) is 56.2 Å². The summed E-state index contributed by atoms with van der Waals surface area (Å²) in [5.41, 5.74) is 6.26. The number of nitrogens with zero attached hydrogens (tertiary/aromatic N) is 6. The molecule has 0 aromatic carbocycles. The van der Waals surface area contributed by atoms with E-state index in [4.69, 9.17) is 4.98 Å². The molecule has 2 N–H and O–H groups in total. The van der Waals surface area contributed by atoms with Gasteiger partial charge >= 0.3 is 0 Å². The van der Waals surface area contributed by atoms with Gasteiger partial charge in [0, 0.05) is 30.4 Å². The Bertz CT molecular complexity index is 1490. The molecule has 0 spiro atoms. The van der Waals surface area contributed by atoms with Gasteiger partial charge in [0.25, 0.3) is 0 Å². The summed E-state index contributed by atoms with van der Waals surface area (Å²) in [5.74, 6) is 0.640. The Hall–Kier alpha value is -4.46. The first-order valence-electron chi connectivity index (χ1n) is 9.39. The van der Waals surface area contributed by atoms with E-state index in [1.54, 1.807) is 24.8 Å². The van der Waals surface area contributed by atoms with Gasteiger partial charge in [-0.1, -0.05) is 12.1 Å². The zero-order valence-electron chi connectivity index (χ0n) is 15.6. The lowest BCUT2D eigenvalue weighted by molar-refractivity contribution is 1.09. The van der Waals surface area contributed by atoms with Gasteiger partial charge in [-0.25, -0.2) is 9.97 Å². The van der Waals surface area contributed by atoms with Crippen molar-refractivity contribution in [3.05, 3.63) is 73.3 Å². The Morgan fingerprint density at radius 2 is 1.57 bits per heavy atom. The van der Waals surface area contributed by atoms with Gasteiger partial charge in [0.15, 0.2) is 11.5 Å². The summed E-state index contributed by atoms with van der Waals surface area (Å²) >= 11 is 0. The molecule has 0 fully saturated rings. The molecule has 0 aliphatic heterocycles. The third kappa shape index (κ3) is 2.62. The molecular weight excluding hydrogens is 376 g/mol. The highest BCUT2D eigenvalue weighted by molar-refractivity contribution is 5.95. The average Bonchev–Trinajstić information content (AvgIpc) is 3.43. The number of hydrogen-bond donors (Lipinski definition) is 2.